The maximum Gasteiger partial charge on any atom is 0.118 e. The van der Waals surface area contributed by atoms with Gasteiger partial charge in [-0.3, -0.25) is 0 Å². The Morgan fingerprint density at radius 1 is 0.824 bits per heavy atom. The van der Waals surface area contributed by atoms with Gasteiger partial charge in [0.2, 0.25) is 0 Å². The maximum atomic E-state index is 9.63. The Bertz CT molecular complexity index is 551. The zero-order chi connectivity index (χ0) is 12.6. The van der Waals surface area contributed by atoms with E-state index in [9.17, 15) is 10.2 Å². The van der Waals surface area contributed by atoms with Crippen LogP contribution >= 0.6 is 0 Å². The van der Waals surface area contributed by atoms with Crippen LogP contribution in [-0.2, 0) is 0 Å². The minimum atomic E-state index is 0.269. The molecule has 2 aromatic rings. The van der Waals surface area contributed by atoms with E-state index in [-0.39, 0.29) is 5.75 Å². The van der Waals surface area contributed by atoms with E-state index in [1.54, 1.807) is 18.2 Å². The lowest BCUT2D eigenvalue weighted by Crippen LogP contribution is -1.88. The Labute approximate surface area is 101 Å². The first-order chi connectivity index (χ1) is 7.99. The van der Waals surface area contributed by atoms with Crippen molar-refractivity contribution in [2.45, 2.75) is 20.8 Å². The lowest BCUT2D eigenvalue weighted by atomic mass is 9.95. The van der Waals surface area contributed by atoms with Crippen LogP contribution in [0.1, 0.15) is 16.7 Å². The Balaban J connectivity index is 2.64. The highest BCUT2D eigenvalue weighted by molar-refractivity contribution is 5.71. The van der Waals surface area contributed by atoms with E-state index in [0.29, 0.717) is 5.75 Å². The van der Waals surface area contributed by atoms with Crippen LogP contribution in [-0.4, -0.2) is 10.2 Å². The van der Waals surface area contributed by atoms with Gasteiger partial charge in [-0.1, -0.05) is 12.1 Å². The molecule has 0 fully saturated rings. The molecular formula is C15H16O2. The fraction of sp³-hybridized carbons (Fsp3) is 0.200. The Morgan fingerprint density at radius 2 is 1.53 bits per heavy atom. The molecule has 0 aliphatic carbocycles. The lowest BCUT2D eigenvalue weighted by molar-refractivity contribution is 0.470. The number of phenolic OH excluding ortho intramolecular Hbond substituents is 2. The van der Waals surface area contributed by atoms with Crippen molar-refractivity contribution >= 4 is 0 Å². The lowest BCUT2D eigenvalue weighted by Gasteiger charge is -2.11. The average Bonchev–Trinajstić information content (AvgIpc) is 2.24. The molecule has 0 bridgehead atoms. The minimum absolute atomic E-state index is 0.269. The van der Waals surface area contributed by atoms with Gasteiger partial charge in [-0.05, 0) is 66.8 Å². The molecule has 2 nitrogen and oxygen atoms in total. The molecule has 0 amide bonds. The molecule has 0 saturated carbocycles. The number of aromatic hydroxyl groups is 2. The standard InChI is InChI=1S/C15H16O2/c1-9-6-12(8-13(16)7-9)14-4-5-15(17)11(3)10(14)2/h4-8,16-17H,1-3H3. The predicted molar refractivity (Wildman–Crippen MR) is 69.4 cm³/mol. The SMILES string of the molecule is Cc1cc(O)cc(-c2ccc(O)c(C)c2C)c1. The Kier molecular flexibility index (Phi) is 2.80. The second-order valence-electron chi connectivity index (χ2n) is 4.44. The molecule has 2 aromatic carbocycles. The van der Waals surface area contributed by atoms with Crippen molar-refractivity contribution in [3.05, 3.63) is 47.0 Å². The summed E-state index contributed by atoms with van der Waals surface area (Å²) in [6.07, 6.45) is 0. The first-order valence-electron chi connectivity index (χ1n) is 5.59. The van der Waals surface area contributed by atoms with Crippen LogP contribution in [0.25, 0.3) is 11.1 Å². The van der Waals surface area contributed by atoms with E-state index in [1.165, 1.54) is 0 Å². The van der Waals surface area contributed by atoms with Gasteiger partial charge >= 0.3 is 0 Å². The minimum Gasteiger partial charge on any atom is -0.508 e. The van der Waals surface area contributed by atoms with Crippen LogP contribution in [0.5, 0.6) is 11.5 Å². The van der Waals surface area contributed by atoms with E-state index in [2.05, 4.69) is 0 Å². The zero-order valence-corrected chi connectivity index (χ0v) is 10.3. The first kappa shape index (κ1) is 11.5. The third kappa shape index (κ3) is 2.11. The van der Waals surface area contributed by atoms with E-state index in [1.807, 2.05) is 32.9 Å². The van der Waals surface area contributed by atoms with Gasteiger partial charge < -0.3 is 10.2 Å². The number of hydrogen-bond donors (Lipinski definition) is 2. The fourth-order valence-electron chi connectivity index (χ4n) is 2.04. The van der Waals surface area contributed by atoms with Gasteiger partial charge in [0.1, 0.15) is 11.5 Å². The van der Waals surface area contributed by atoms with Crippen LogP contribution in [0, 0.1) is 20.8 Å². The molecule has 0 aliphatic rings. The van der Waals surface area contributed by atoms with Crippen LogP contribution < -0.4 is 0 Å². The molecule has 0 aliphatic heterocycles. The molecule has 2 rings (SSSR count). The molecule has 17 heavy (non-hydrogen) atoms. The van der Waals surface area contributed by atoms with Gasteiger partial charge in [0.15, 0.2) is 0 Å². The van der Waals surface area contributed by atoms with Gasteiger partial charge in [-0.2, -0.15) is 0 Å². The average molecular weight is 228 g/mol. The van der Waals surface area contributed by atoms with Crippen molar-refractivity contribution in [1.29, 1.82) is 0 Å². The zero-order valence-electron chi connectivity index (χ0n) is 10.3. The number of hydrogen-bond acceptors (Lipinski definition) is 2. The van der Waals surface area contributed by atoms with Gasteiger partial charge in [0.05, 0.1) is 0 Å². The predicted octanol–water partition coefficient (Wildman–Crippen LogP) is 3.69. The third-order valence-corrected chi connectivity index (χ3v) is 3.13. The van der Waals surface area contributed by atoms with Crippen molar-refractivity contribution in [2.75, 3.05) is 0 Å². The molecule has 0 saturated heterocycles. The topological polar surface area (TPSA) is 40.5 Å². The summed E-state index contributed by atoms with van der Waals surface area (Å²) in [5.41, 5.74) is 4.95. The molecule has 0 spiro atoms. The first-order valence-corrected chi connectivity index (χ1v) is 5.59. The van der Waals surface area contributed by atoms with Gasteiger partial charge in [-0.25, -0.2) is 0 Å². The van der Waals surface area contributed by atoms with E-state index in [4.69, 9.17) is 0 Å². The molecule has 0 heterocycles. The highest BCUT2D eigenvalue weighted by Gasteiger charge is 2.08. The summed E-state index contributed by atoms with van der Waals surface area (Å²) in [6, 6.07) is 9.07. The maximum absolute atomic E-state index is 9.63. The Morgan fingerprint density at radius 3 is 2.18 bits per heavy atom. The van der Waals surface area contributed by atoms with Crippen molar-refractivity contribution < 1.29 is 10.2 Å². The third-order valence-electron chi connectivity index (χ3n) is 3.13. The molecule has 0 radical (unpaired) electrons. The molecule has 0 unspecified atom stereocenters. The van der Waals surface area contributed by atoms with Crippen molar-refractivity contribution in [2.24, 2.45) is 0 Å². The molecule has 2 heteroatoms. The second kappa shape index (κ2) is 4.13. The van der Waals surface area contributed by atoms with Gasteiger partial charge in [0.25, 0.3) is 0 Å². The van der Waals surface area contributed by atoms with E-state index < -0.39 is 0 Å². The van der Waals surface area contributed by atoms with Crippen LogP contribution in [0.3, 0.4) is 0 Å². The summed E-state index contributed by atoms with van der Waals surface area (Å²) in [7, 11) is 0. The summed E-state index contributed by atoms with van der Waals surface area (Å²) in [5.74, 6) is 0.577. The summed E-state index contributed by atoms with van der Waals surface area (Å²) >= 11 is 0. The normalized spacial score (nSPS) is 10.5. The number of rotatable bonds is 1. The summed E-state index contributed by atoms with van der Waals surface area (Å²) in [4.78, 5) is 0. The number of benzene rings is 2. The molecule has 88 valence electrons. The smallest absolute Gasteiger partial charge is 0.118 e. The quantitative estimate of drug-likeness (QED) is 0.781. The second-order valence-corrected chi connectivity index (χ2v) is 4.44. The summed E-state index contributed by atoms with van der Waals surface area (Å²) < 4.78 is 0. The summed E-state index contributed by atoms with van der Waals surface area (Å²) in [6.45, 7) is 5.82. The number of phenols is 2. The molecule has 0 aromatic heterocycles. The van der Waals surface area contributed by atoms with Crippen LogP contribution in [0.2, 0.25) is 0 Å². The van der Waals surface area contributed by atoms with E-state index in [0.717, 1.165) is 27.8 Å². The van der Waals surface area contributed by atoms with Crippen LogP contribution in [0.4, 0.5) is 0 Å². The van der Waals surface area contributed by atoms with Gasteiger partial charge in [0, 0.05) is 0 Å². The highest BCUT2D eigenvalue weighted by Crippen LogP contribution is 2.32. The monoisotopic (exact) mass is 228 g/mol. The van der Waals surface area contributed by atoms with Crippen molar-refractivity contribution in [1.82, 2.24) is 0 Å². The number of aryl methyl sites for hydroxylation is 1. The highest BCUT2D eigenvalue weighted by atomic mass is 16.3. The van der Waals surface area contributed by atoms with Crippen molar-refractivity contribution in [3.63, 3.8) is 0 Å². The van der Waals surface area contributed by atoms with Crippen molar-refractivity contribution in [3.8, 4) is 22.6 Å². The molecular weight excluding hydrogens is 212 g/mol. The Hall–Kier alpha value is -1.96. The van der Waals surface area contributed by atoms with Gasteiger partial charge in [-0.15, -0.1) is 0 Å². The summed E-state index contributed by atoms with van der Waals surface area (Å²) in [5, 5.41) is 19.3. The van der Waals surface area contributed by atoms with Crippen LogP contribution in [0.15, 0.2) is 30.3 Å². The molecule has 0 atom stereocenters. The largest absolute Gasteiger partial charge is 0.508 e. The fourth-order valence-corrected chi connectivity index (χ4v) is 2.04. The molecule has 2 N–H and O–H groups in total. The van der Waals surface area contributed by atoms with E-state index >= 15 is 0 Å².